The van der Waals surface area contributed by atoms with Gasteiger partial charge in [0.05, 0.1) is 12.6 Å². The molecule has 1 heterocycles. The summed E-state index contributed by atoms with van der Waals surface area (Å²) in [5, 5.41) is 0. The van der Waals surface area contributed by atoms with Gasteiger partial charge < -0.3 is 9.64 Å². The zero-order chi connectivity index (χ0) is 14.8. The van der Waals surface area contributed by atoms with E-state index in [2.05, 4.69) is 36.1 Å². The molecule has 2 aromatic rings. The van der Waals surface area contributed by atoms with Gasteiger partial charge in [0.25, 0.3) is 0 Å². The molecule has 0 N–H and O–H groups in total. The van der Waals surface area contributed by atoms with Crippen molar-refractivity contribution in [3.05, 3.63) is 65.7 Å². The molecule has 2 atom stereocenters. The fraction of sp³-hybridized carbons (Fsp3) is 0.278. The smallest absolute Gasteiger partial charge is 0.331 e. The molecule has 1 aliphatic heterocycles. The van der Waals surface area contributed by atoms with Gasteiger partial charge >= 0.3 is 5.97 Å². The molecule has 3 nitrogen and oxygen atoms in total. The van der Waals surface area contributed by atoms with Gasteiger partial charge in [0.15, 0.2) is 6.04 Å². The number of para-hydroxylation sites is 1. The predicted molar refractivity (Wildman–Crippen MR) is 83.3 cm³/mol. The minimum atomic E-state index is -0.213. The maximum atomic E-state index is 12.2. The Labute approximate surface area is 125 Å². The van der Waals surface area contributed by atoms with Crippen molar-refractivity contribution < 1.29 is 9.53 Å². The molecule has 1 saturated heterocycles. The molecule has 0 spiro atoms. The van der Waals surface area contributed by atoms with E-state index in [1.807, 2.05) is 37.3 Å². The van der Waals surface area contributed by atoms with Gasteiger partial charge in [-0.15, -0.1) is 0 Å². The monoisotopic (exact) mass is 281 g/mol. The lowest BCUT2D eigenvalue weighted by atomic mass is 10.1. The third-order valence-corrected chi connectivity index (χ3v) is 3.81. The van der Waals surface area contributed by atoms with E-state index in [0.29, 0.717) is 6.61 Å². The van der Waals surface area contributed by atoms with E-state index >= 15 is 0 Å². The molecule has 3 heteroatoms. The summed E-state index contributed by atoms with van der Waals surface area (Å²) in [4.78, 5) is 14.3. The molecule has 1 aliphatic rings. The van der Waals surface area contributed by atoms with Gasteiger partial charge in [-0.1, -0.05) is 48.0 Å². The summed E-state index contributed by atoms with van der Waals surface area (Å²) in [5.41, 5.74) is 3.43. The van der Waals surface area contributed by atoms with Crippen LogP contribution in [0, 0.1) is 6.92 Å². The fourth-order valence-electron chi connectivity index (χ4n) is 2.73. The Bertz CT molecular complexity index is 621. The highest BCUT2D eigenvalue weighted by Gasteiger charge is 2.54. The number of benzene rings is 2. The van der Waals surface area contributed by atoms with Crippen LogP contribution in [0.15, 0.2) is 54.6 Å². The van der Waals surface area contributed by atoms with E-state index in [4.69, 9.17) is 4.74 Å². The number of rotatable bonds is 4. The standard InChI is InChI=1S/C18H19NO2/c1-3-21-18(20)17-16(14-11-9-13(2)10-12-14)19(17)15-7-5-4-6-8-15/h4-12,16-17H,3H2,1-2H3/t16-,17-,19?/m0/s1. The van der Waals surface area contributed by atoms with Crippen LogP contribution in [0.25, 0.3) is 0 Å². The van der Waals surface area contributed by atoms with Crippen molar-refractivity contribution >= 4 is 11.7 Å². The highest BCUT2D eigenvalue weighted by molar-refractivity contribution is 5.88. The lowest BCUT2D eigenvalue weighted by Crippen LogP contribution is -2.15. The number of hydrogen-bond acceptors (Lipinski definition) is 3. The van der Waals surface area contributed by atoms with Crippen molar-refractivity contribution in [3.63, 3.8) is 0 Å². The van der Waals surface area contributed by atoms with Crippen molar-refractivity contribution in [3.8, 4) is 0 Å². The topological polar surface area (TPSA) is 29.3 Å². The zero-order valence-corrected chi connectivity index (χ0v) is 12.3. The van der Waals surface area contributed by atoms with E-state index in [9.17, 15) is 4.79 Å². The van der Waals surface area contributed by atoms with Crippen LogP contribution in [-0.2, 0) is 9.53 Å². The third kappa shape index (κ3) is 2.64. The Morgan fingerprint density at radius 3 is 2.38 bits per heavy atom. The van der Waals surface area contributed by atoms with Gasteiger partial charge in [-0.25, -0.2) is 4.79 Å². The first-order valence-corrected chi connectivity index (χ1v) is 7.29. The number of aryl methyl sites for hydroxylation is 1. The predicted octanol–water partition coefficient (Wildman–Crippen LogP) is 3.49. The molecule has 0 aromatic heterocycles. The molecule has 0 bridgehead atoms. The normalized spacial score (nSPS) is 20.2. The van der Waals surface area contributed by atoms with E-state index < -0.39 is 0 Å². The Morgan fingerprint density at radius 2 is 1.76 bits per heavy atom. The Balaban J connectivity index is 1.89. The Hall–Kier alpha value is -2.29. The number of esters is 1. The minimum Gasteiger partial charge on any atom is -0.464 e. The quantitative estimate of drug-likeness (QED) is 0.634. The van der Waals surface area contributed by atoms with E-state index in [-0.39, 0.29) is 18.1 Å². The maximum absolute atomic E-state index is 12.2. The van der Waals surface area contributed by atoms with Crippen molar-refractivity contribution in [1.29, 1.82) is 0 Å². The van der Waals surface area contributed by atoms with E-state index in [1.165, 1.54) is 5.56 Å². The minimum absolute atomic E-state index is 0.0760. The van der Waals surface area contributed by atoms with Crippen molar-refractivity contribution in [1.82, 2.24) is 0 Å². The summed E-state index contributed by atoms with van der Waals surface area (Å²) in [6.45, 7) is 4.32. The second-order valence-corrected chi connectivity index (χ2v) is 5.30. The number of anilines is 1. The summed E-state index contributed by atoms with van der Waals surface area (Å²) in [6.07, 6.45) is 0. The number of carbonyl (C=O) groups is 1. The molecule has 1 fully saturated rings. The first kappa shape index (κ1) is 13.7. The van der Waals surface area contributed by atoms with Crippen LogP contribution < -0.4 is 4.90 Å². The third-order valence-electron chi connectivity index (χ3n) is 3.81. The van der Waals surface area contributed by atoms with Crippen molar-refractivity contribution in [2.24, 2.45) is 0 Å². The van der Waals surface area contributed by atoms with Crippen LogP contribution in [0.5, 0.6) is 0 Å². The van der Waals surface area contributed by atoms with Gasteiger partial charge in [0.2, 0.25) is 0 Å². The van der Waals surface area contributed by atoms with Gasteiger partial charge in [-0.2, -0.15) is 0 Å². The summed E-state index contributed by atoms with van der Waals surface area (Å²) >= 11 is 0. The van der Waals surface area contributed by atoms with Crippen LogP contribution in [0.3, 0.4) is 0 Å². The summed E-state index contributed by atoms with van der Waals surface area (Å²) in [6, 6.07) is 18.2. The summed E-state index contributed by atoms with van der Waals surface area (Å²) < 4.78 is 5.21. The van der Waals surface area contributed by atoms with Crippen LogP contribution >= 0.6 is 0 Å². The molecule has 0 saturated carbocycles. The number of hydrogen-bond donors (Lipinski definition) is 0. The SMILES string of the molecule is CCOC(=O)[C@@H]1[C@H](c2ccc(C)cc2)N1c1ccccc1. The van der Waals surface area contributed by atoms with Gasteiger partial charge in [0.1, 0.15) is 0 Å². The van der Waals surface area contributed by atoms with Crippen LogP contribution in [0.1, 0.15) is 24.1 Å². The first-order chi connectivity index (χ1) is 10.2. The highest BCUT2D eigenvalue weighted by Crippen LogP contribution is 2.47. The highest BCUT2D eigenvalue weighted by atomic mass is 16.5. The Morgan fingerprint density at radius 1 is 1.10 bits per heavy atom. The average molecular weight is 281 g/mol. The van der Waals surface area contributed by atoms with Gasteiger partial charge in [-0.05, 0) is 31.5 Å². The van der Waals surface area contributed by atoms with E-state index in [0.717, 1.165) is 11.3 Å². The lowest BCUT2D eigenvalue weighted by Gasteiger charge is -2.06. The number of nitrogens with zero attached hydrogens (tertiary/aromatic N) is 1. The molecule has 0 unspecified atom stereocenters. The maximum Gasteiger partial charge on any atom is 0.331 e. The van der Waals surface area contributed by atoms with Crippen molar-refractivity contribution in [2.75, 3.05) is 11.5 Å². The van der Waals surface area contributed by atoms with Crippen LogP contribution in [-0.4, -0.2) is 18.6 Å². The van der Waals surface area contributed by atoms with Gasteiger partial charge in [-0.3, -0.25) is 0 Å². The number of ether oxygens (including phenoxy) is 1. The second kappa shape index (κ2) is 5.60. The summed E-state index contributed by atoms with van der Waals surface area (Å²) in [7, 11) is 0. The average Bonchev–Trinajstić information content (AvgIpc) is 3.25. The zero-order valence-electron chi connectivity index (χ0n) is 12.3. The van der Waals surface area contributed by atoms with Crippen molar-refractivity contribution in [2.45, 2.75) is 25.9 Å². The molecule has 0 radical (unpaired) electrons. The second-order valence-electron chi connectivity index (χ2n) is 5.30. The molecular formula is C18H19NO2. The molecule has 108 valence electrons. The van der Waals surface area contributed by atoms with Gasteiger partial charge in [0, 0.05) is 5.69 Å². The molecule has 2 aromatic carbocycles. The van der Waals surface area contributed by atoms with Crippen LogP contribution in [0.2, 0.25) is 0 Å². The molecule has 21 heavy (non-hydrogen) atoms. The first-order valence-electron chi connectivity index (χ1n) is 7.29. The largest absolute Gasteiger partial charge is 0.464 e. The van der Waals surface area contributed by atoms with Crippen LogP contribution in [0.4, 0.5) is 5.69 Å². The summed E-state index contributed by atoms with van der Waals surface area (Å²) in [5.74, 6) is -0.146. The molecular weight excluding hydrogens is 262 g/mol. The molecule has 0 aliphatic carbocycles. The Kier molecular flexibility index (Phi) is 3.65. The molecule has 3 rings (SSSR count). The molecule has 0 amide bonds. The number of carbonyl (C=O) groups excluding carboxylic acids is 1. The van der Waals surface area contributed by atoms with E-state index in [1.54, 1.807) is 0 Å². The fourth-order valence-corrected chi connectivity index (χ4v) is 2.73. The lowest BCUT2D eigenvalue weighted by molar-refractivity contribution is -0.142.